The molecule has 0 unspecified atom stereocenters. The van der Waals surface area contributed by atoms with Gasteiger partial charge in [0.2, 0.25) is 0 Å². The third kappa shape index (κ3) is 5.77. The molecular weight excluding hydrogens is 192 g/mol. The van der Waals surface area contributed by atoms with Crippen molar-refractivity contribution in [3.05, 3.63) is 0 Å². The molecule has 4 heteroatoms. The first-order chi connectivity index (χ1) is 5.74. The third-order valence-electron chi connectivity index (χ3n) is 1.27. The quantitative estimate of drug-likeness (QED) is 0.494. The fourth-order valence-corrected chi connectivity index (χ4v) is 3.21. The van der Waals surface area contributed by atoms with Crippen LogP contribution in [-0.2, 0) is 9.53 Å². The number of hydrogen-bond acceptors (Lipinski definition) is 4. The molecule has 0 rings (SSSR count). The van der Waals surface area contributed by atoms with E-state index in [0.29, 0.717) is 11.0 Å². The predicted octanol–water partition coefficient (Wildman–Crippen LogP) is 2.38. The summed E-state index contributed by atoms with van der Waals surface area (Å²) in [4.78, 5) is 10.9. The number of thioether (sulfide) groups is 2. The summed E-state index contributed by atoms with van der Waals surface area (Å²) < 4.78 is 4.98. The number of rotatable bonds is 6. The Morgan fingerprint density at radius 3 is 2.17 bits per heavy atom. The van der Waals surface area contributed by atoms with Gasteiger partial charge in [0.25, 0.3) is 0 Å². The van der Waals surface area contributed by atoms with Crippen LogP contribution in [0.3, 0.4) is 0 Å². The fourth-order valence-electron chi connectivity index (χ4n) is 0.757. The van der Waals surface area contributed by atoms with Gasteiger partial charge in [-0.2, -0.15) is 0 Å². The minimum Gasteiger partial charge on any atom is -0.469 e. The number of carbonyl (C=O) groups is 1. The SMILES string of the molecule is CCSC(CC(=O)OC)SCC. The van der Waals surface area contributed by atoms with Gasteiger partial charge in [0.15, 0.2) is 0 Å². The minimum absolute atomic E-state index is 0.109. The largest absolute Gasteiger partial charge is 0.469 e. The van der Waals surface area contributed by atoms with Crippen molar-refractivity contribution in [2.24, 2.45) is 0 Å². The van der Waals surface area contributed by atoms with Crippen LogP contribution in [0.25, 0.3) is 0 Å². The molecule has 0 fully saturated rings. The molecule has 0 saturated carbocycles. The second kappa shape index (κ2) is 7.80. The molecule has 0 atom stereocenters. The Kier molecular flexibility index (Phi) is 7.91. The van der Waals surface area contributed by atoms with Crippen molar-refractivity contribution in [3.63, 3.8) is 0 Å². The molecule has 0 amide bonds. The molecule has 0 heterocycles. The van der Waals surface area contributed by atoms with Crippen molar-refractivity contribution in [2.75, 3.05) is 18.6 Å². The number of carbonyl (C=O) groups excluding carboxylic acids is 1. The molecule has 72 valence electrons. The number of ether oxygens (including phenoxy) is 1. The molecule has 2 nitrogen and oxygen atoms in total. The average molecular weight is 208 g/mol. The van der Waals surface area contributed by atoms with Gasteiger partial charge in [-0.05, 0) is 11.5 Å². The van der Waals surface area contributed by atoms with Crippen LogP contribution in [0.1, 0.15) is 20.3 Å². The highest BCUT2D eigenvalue weighted by molar-refractivity contribution is 8.17. The van der Waals surface area contributed by atoms with Crippen LogP contribution in [-0.4, -0.2) is 29.2 Å². The lowest BCUT2D eigenvalue weighted by Gasteiger charge is -2.12. The molecule has 0 aromatic carbocycles. The molecule has 0 aromatic rings. The van der Waals surface area contributed by atoms with Gasteiger partial charge >= 0.3 is 5.97 Å². The Hall–Kier alpha value is 0.170. The lowest BCUT2D eigenvalue weighted by atomic mass is 10.5. The lowest BCUT2D eigenvalue weighted by Crippen LogP contribution is -2.09. The number of esters is 1. The van der Waals surface area contributed by atoms with E-state index in [1.807, 2.05) is 0 Å². The Labute approximate surface area is 82.8 Å². The van der Waals surface area contributed by atoms with Gasteiger partial charge in [-0.1, -0.05) is 13.8 Å². The molecule has 0 N–H and O–H groups in total. The highest BCUT2D eigenvalue weighted by atomic mass is 32.2. The molecule has 0 spiro atoms. The maximum Gasteiger partial charge on any atom is 0.307 e. The summed E-state index contributed by atoms with van der Waals surface area (Å²) in [6, 6.07) is 0. The highest BCUT2D eigenvalue weighted by Gasteiger charge is 2.13. The Morgan fingerprint density at radius 1 is 1.33 bits per heavy atom. The molecule has 0 aliphatic carbocycles. The lowest BCUT2D eigenvalue weighted by molar-refractivity contribution is -0.140. The van der Waals surface area contributed by atoms with Crippen LogP contribution in [0.4, 0.5) is 0 Å². The summed E-state index contributed by atoms with van der Waals surface area (Å²) in [5.41, 5.74) is 0. The van der Waals surface area contributed by atoms with Crippen LogP contribution in [0.15, 0.2) is 0 Å². The molecular formula is C8H16O2S2. The second-order valence-electron chi connectivity index (χ2n) is 2.12. The topological polar surface area (TPSA) is 26.3 Å². The van der Waals surface area contributed by atoms with E-state index in [1.54, 1.807) is 23.5 Å². The van der Waals surface area contributed by atoms with Gasteiger partial charge in [-0.15, -0.1) is 23.5 Å². The minimum atomic E-state index is -0.109. The van der Waals surface area contributed by atoms with Gasteiger partial charge in [0.1, 0.15) is 0 Å². The Morgan fingerprint density at radius 2 is 1.83 bits per heavy atom. The first-order valence-corrected chi connectivity index (χ1v) is 6.14. The second-order valence-corrected chi connectivity index (χ2v) is 5.38. The summed E-state index contributed by atoms with van der Waals surface area (Å²) in [5, 5.41) is 0. The predicted molar refractivity (Wildman–Crippen MR) is 56.7 cm³/mol. The van der Waals surface area contributed by atoms with Crippen LogP contribution < -0.4 is 0 Å². The zero-order valence-corrected chi connectivity index (χ0v) is 9.46. The summed E-state index contributed by atoms with van der Waals surface area (Å²) in [6.07, 6.45) is 0.521. The van der Waals surface area contributed by atoms with Crippen molar-refractivity contribution in [1.29, 1.82) is 0 Å². The van der Waals surface area contributed by atoms with E-state index in [-0.39, 0.29) is 5.97 Å². The summed E-state index contributed by atoms with van der Waals surface area (Å²) in [6.45, 7) is 4.20. The van der Waals surface area contributed by atoms with Crippen molar-refractivity contribution < 1.29 is 9.53 Å². The molecule has 0 aliphatic rings. The van der Waals surface area contributed by atoms with Gasteiger partial charge in [-0.25, -0.2) is 0 Å². The maximum atomic E-state index is 10.9. The molecule has 0 bridgehead atoms. The summed E-state index contributed by atoms with van der Waals surface area (Å²) in [7, 11) is 1.44. The molecule has 0 aliphatic heterocycles. The van der Waals surface area contributed by atoms with E-state index in [1.165, 1.54) is 7.11 Å². The molecule has 0 aromatic heterocycles. The maximum absolute atomic E-state index is 10.9. The number of hydrogen-bond donors (Lipinski definition) is 0. The van der Waals surface area contributed by atoms with Crippen molar-refractivity contribution in [2.45, 2.75) is 24.9 Å². The first kappa shape index (κ1) is 12.2. The van der Waals surface area contributed by atoms with Gasteiger partial charge < -0.3 is 4.74 Å². The standard InChI is InChI=1S/C8H16O2S2/c1-4-11-8(12-5-2)6-7(9)10-3/h8H,4-6H2,1-3H3. The monoisotopic (exact) mass is 208 g/mol. The molecule has 0 saturated heterocycles. The van der Waals surface area contributed by atoms with E-state index in [2.05, 4.69) is 18.6 Å². The van der Waals surface area contributed by atoms with Crippen molar-refractivity contribution in [3.8, 4) is 0 Å². The van der Waals surface area contributed by atoms with Crippen molar-refractivity contribution in [1.82, 2.24) is 0 Å². The normalized spacial score (nSPS) is 10.3. The highest BCUT2D eigenvalue weighted by Crippen LogP contribution is 2.26. The zero-order valence-electron chi connectivity index (χ0n) is 7.83. The van der Waals surface area contributed by atoms with E-state index in [4.69, 9.17) is 0 Å². The summed E-state index contributed by atoms with van der Waals surface area (Å²) >= 11 is 3.61. The van der Waals surface area contributed by atoms with Gasteiger partial charge in [0, 0.05) is 0 Å². The van der Waals surface area contributed by atoms with Crippen molar-refractivity contribution >= 4 is 29.5 Å². The van der Waals surface area contributed by atoms with E-state index < -0.39 is 0 Å². The van der Waals surface area contributed by atoms with E-state index >= 15 is 0 Å². The molecule has 12 heavy (non-hydrogen) atoms. The Bertz CT molecular complexity index is 122. The first-order valence-electron chi connectivity index (χ1n) is 4.04. The summed E-state index contributed by atoms with van der Waals surface area (Å²) in [5.74, 6) is 1.99. The average Bonchev–Trinajstić information content (AvgIpc) is 2.05. The zero-order chi connectivity index (χ0) is 9.40. The third-order valence-corrected chi connectivity index (χ3v) is 3.83. The smallest absolute Gasteiger partial charge is 0.307 e. The van der Waals surface area contributed by atoms with E-state index in [0.717, 1.165) is 11.5 Å². The van der Waals surface area contributed by atoms with Gasteiger partial charge in [-0.3, -0.25) is 4.79 Å². The van der Waals surface area contributed by atoms with Crippen LogP contribution in [0.5, 0.6) is 0 Å². The Balaban J connectivity index is 3.68. The van der Waals surface area contributed by atoms with Crippen LogP contribution in [0.2, 0.25) is 0 Å². The molecule has 0 radical (unpaired) electrons. The number of methoxy groups -OCH3 is 1. The fraction of sp³-hybridized carbons (Fsp3) is 0.875. The van der Waals surface area contributed by atoms with Gasteiger partial charge in [0.05, 0.1) is 18.1 Å². The van der Waals surface area contributed by atoms with Crippen LogP contribution in [0, 0.1) is 0 Å². The van der Waals surface area contributed by atoms with E-state index in [9.17, 15) is 4.79 Å². The van der Waals surface area contributed by atoms with Crippen LogP contribution >= 0.6 is 23.5 Å².